The zero-order chi connectivity index (χ0) is 27.4. The van der Waals surface area contributed by atoms with Crippen LogP contribution in [0.15, 0.2) is 61.1 Å². The summed E-state index contributed by atoms with van der Waals surface area (Å²) >= 11 is 5.87. The number of nitrogens with zero attached hydrogens (tertiary/aromatic N) is 6. The average Bonchev–Trinajstić information content (AvgIpc) is 3.49. The highest BCUT2D eigenvalue weighted by Gasteiger charge is 2.37. The second-order valence-corrected chi connectivity index (χ2v) is 9.17. The van der Waals surface area contributed by atoms with Crippen molar-refractivity contribution in [1.29, 1.82) is 0 Å². The number of halogens is 2. The van der Waals surface area contributed by atoms with Crippen molar-refractivity contribution >= 4 is 23.4 Å². The van der Waals surface area contributed by atoms with Gasteiger partial charge in [0.15, 0.2) is 0 Å². The molecule has 1 aromatic carbocycles. The zero-order valence-corrected chi connectivity index (χ0v) is 22.0. The fraction of sp³-hybridized carbons (Fsp3) is 0.269. The third-order valence-electron chi connectivity index (χ3n) is 6.22. The number of carbonyl (C=O) groups is 1. The van der Waals surface area contributed by atoms with Crippen LogP contribution in [0.5, 0.6) is 0 Å². The van der Waals surface area contributed by atoms with Gasteiger partial charge in [0.1, 0.15) is 17.6 Å². The number of hydrogen-bond acceptors (Lipinski definition) is 8. The quantitative estimate of drug-likeness (QED) is 0.249. The van der Waals surface area contributed by atoms with Crippen LogP contribution in [-0.2, 0) is 9.57 Å². The normalized spacial score (nSPS) is 17.3. The minimum atomic E-state index is -0.629. The van der Waals surface area contributed by atoms with Gasteiger partial charge in [-0.2, -0.15) is 14.6 Å². The average molecular weight is 553 g/mol. The Bertz CT molecular complexity index is 1440. The second kappa shape index (κ2) is 11.8. The Kier molecular flexibility index (Phi) is 8.07. The number of amides is 2. The molecule has 1 aliphatic heterocycles. The van der Waals surface area contributed by atoms with Crippen LogP contribution in [0.3, 0.4) is 0 Å². The number of hydroxylamine groups is 2. The van der Waals surface area contributed by atoms with Crippen LogP contribution in [0.25, 0.3) is 16.9 Å². The summed E-state index contributed by atoms with van der Waals surface area (Å²) in [6.07, 6.45) is 3.90. The van der Waals surface area contributed by atoms with Crippen LogP contribution in [0, 0.1) is 12.9 Å². The molecule has 39 heavy (non-hydrogen) atoms. The number of urea groups is 1. The van der Waals surface area contributed by atoms with Gasteiger partial charge in [-0.3, -0.25) is 10.2 Å². The van der Waals surface area contributed by atoms with E-state index < -0.39 is 24.1 Å². The van der Waals surface area contributed by atoms with Gasteiger partial charge in [0.2, 0.25) is 11.2 Å². The van der Waals surface area contributed by atoms with Gasteiger partial charge in [0.25, 0.3) is 0 Å². The molecule has 11 nitrogen and oxygen atoms in total. The predicted molar refractivity (Wildman–Crippen MR) is 142 cm³/mol. The van der Waals surface area contributed by atoms with E-state index in [9.17, 15) is 9.18 Å². The zero-order valence-electron chi connectivity index (χ0n) is 21.2. The number of hydrogen-bond donors (Lipinski definition) is 2. The molecule has 5 rings (SSSR count). The van der Waals surface area contributed by atoms with Gasteiger partial charge in [0, 0.05) is 49.9 Å². The lowest BCUT2D eigenvalue weighted by molar-refractivity contribution is -0.154. The lowest BCUT2D eigenvalue weighted by atomic mass is 10.0. The van der Waals surface area contributed by atoms with Crippen LogP contribution >= 0.6 is 11.6 Å². The van der Waals surface area contributed by atoms with E-state index in [1.807, 2.05) is 37.3 Å². The summed E-state index contributed by atoms with van der Waals surface area (Å²) in [7, 11) is 1.59. The van der Waals surface area contributed by atoms with Crippen molar-refractivity contribution in [3.05, 3.63) is 83.4 Å². The Labute approximate surface area is 228 Å². The van der Waals surface area contributed by atoms with Crippen molar-refractivity contribution in [2.45, 2.75) is 19.1 Å². The molecule has 0 unspecified atom stereocenters. The highest BCUT2D eigenvalue weighted by molar-refractivity contribution is 6.28. The molecule has 3 aromatic heterocycles. The highest BCUT2D eigenvalue weighted by Crippen LogP contribution is 2.32. The van der Waals surface area contributed by atoms with Crippen molar-refractivity contribution in [2.24, 2.45) is 0 Å². The summed E-state index contributed by atoms with van der Waals surface area (Å²) in [4.78, 5) is 31.1. The van der Waals surface area contributed by atoms with Crippen molar-refractivity contribution in [2.75, 3.05) is 32.1 Å². The molecule has 2 amide bonds. The fourth-order valence-corrected chi connectivity index (χ4v) is 4.46. The molecular weight excluding hydrogens is 527 g/mol. The van der Waals surface area contributed by atoms with Gasteiger partial charge in [-0.05, 0) is 48.4 Å². The third kappa shape index (κ3) is 6.04. The van der Waals surface area contributed by atoms with E-state index in [0.29, 0.717) is 47.9 Å². The Balaban J connectivity index is 1.42. The van der Waals surface area contributed by atoms with Gasteiger partial charge in [-0.1, -0.05) is 18.2 Å². The summed E-state index contributed by atoms with van der Waals surface area (Å²) in [5, 5.41) is 12.5. The van der Waals surface area contributed by atoms with Gasteiger partial charge >= 0.3 is 6.03 Å². The van der Waals surface area contributed by atoms with Crippen molar-refractivity contribution in [3.63, 3.8) is 0 Å². The fourth-order valence-electron chi connectivity index (χ4n) is 4.36. The number of benzene rings is 1. The lowest BCUT2D eigenvalue weighted by Gasteiger charge is -2.19. The molecule has 4 heterocycles. The molecule has 1 aliphatic rings. The molecule has 2 N–H and O–H groups in total. The van der Waals surface area contributed by atoms with Gasteiger partial charge in [-0.15, -0.1) is 0 Å². The van der Waals surface area contributed by atoms with Crippen LogP contribution < -0.4 is 10.6 Å². The Morgan fingerprint density at radius 3 is 2.69 bits per heavy atom. The van der Waals surface area contributed by atoms with Crippen molar-refractivity contribution in [1.82, 2.24) is 35.1 Å². The minimum absolute atomic E-state index is 0.124. The maximum atomic E-state index is 13.9. The molecule has 13 heteroatoms. The van der Waals surface area contributed by atoms with Gasteiger partial charge in [0.05, 0.1) is 18.3 Å². The van der Waals surface area contributed by atoms with E-state index >= 15 is 0 Å². The number of carbonyl (C=O) groups excluding carboxylic acids is 1. The summed E-state index contributed by atoms with van der Waals surface area (Å²) in [5.74, 6) is -0.166. The first-order valence-electron chi connectivity index (χ1n) is 12.2. The molecule has 0 spiro atoms. The van der Waals surface area contributed by atoms with E-state index in [1.54, 1.807) is 35.3 Å². The first-order chi connectivity index (χ1) is 18.9. The summed E-state index contributed by atoms with van der Waals surface area (Å²) in [6, 6.07) is 11.4. The monoisotopic (exact) mass is 552 g/mol. The molecule has 4 aromatic rings. The summed E-state index contributed by atoms with van der Waals surface area (Å²) in [5.41, 5.74) is 3.25. The second-order valence-electron chi connectivity index (χ2n) is 8.83. The number of anilines is 1. The SMILES string of the molecule is COCCN1C[C@@H](NC(=O)Nc2c(C)c(-c3cnc(Cl)nc3)nn2-c2ccccc2)[C@H](c2ccnc(F)c2)O1. The molecule has 0 radical (unpaired) electrons. The largest absolute Gasteiger partial charge is 0.383 e. The number of para-hydroxylation sites is 1. The minimum Gasteiger partial charge on any atom is -0.383 e. The molecule has 1 fully saturated rings. The maximum Gasteiger partial charge on any atom is 0.320 e. The molecule has 0 bridgehead atoms. The number of ether oxygens (including phenoxy) is 1. The maximum absolute atomic E-state index is 13.9. The highest BCUT2D eigenvalue weighted by atomic mass is 35.5. The van der Waals surface area contributed by atoms with E-state index in [0.717, 1.165) is 5.69 Å². The smallest absolute Gasteiger partial charge is 0.320 e. The standard InChI is InChI=1S/C26H26ClFN8O3/c1-16-22(18-13-30-25(27)31-14-18)34-36(19-6-4-3-5-7-19)24(16)33-26(37)32-20-15-35(10-11-38-2)39-23(20)17-8-9-29-21(28)12-17/h3-9,12-14,20,23H,10-11,15H2,1-2H3,(H2,32,33,37)/t20-,23+/m1/s1. The van der Waals surface area contributed by atoms with Crippen molar-refractivity contribution in [3.8, 4) is 16.9 Å². The Hall–Kier alpha value is -3.97. The first-order valence-corrected chi connectivity index (χ1v) is 12.5. The number of methoxy groups -OCH3 is 1. The molecule has 2 atom stereocenters. The van der Waals surface area contributed by atoms with E-state index in [4.69, 9.17) is 26.3 Å². The molecule has 0 aliphatic carbocycles. The van der Waals surface area contributed by atoms with Crippen LogP contribution in [-0.4, -0.2) is 68.7 Å². The Morgan fingerprint density at radius 1 is 1.21 bits per heavy atom. The molecular formula is C26H26ClFN8O3. The lowest BCUT2D eigenvalue weighted by Crippen LogP contribution is -2.42. The number of nitrogens with one attached hydrogen (secondary N) is 2. The van der Waals surface area contributed by atoms with Crippen LogP contribution in [0.2, 0.25) is 5.28 Å². The van der Waals surface area contributed by atoms with E-state index in [2.05, 4.69) is 25.6 Å². The topological polar surface area (TPSA) is 119 Å². The first kappa shape index (κ1) is 26.6. The van der Waals surface area contributed by atoms with Crippen molar-refractivity contribution < 1.29 is 18.8 Å². The number of aromatic nitrogens is 5. The summed E-state index contributed by atoms with van der Waals surface area (Å²) < 4.78 is 20.7. The van der Waals surface area contributed by atoms with Crippen LogP contribution in [0.1, 0.15) is 17.2 Å². The summed E-state index contributed by atoms with van der Waals surface area (Å²) in [6.45, 7) is 3.13. The van der Waals surface area contributed by atoms with E-state index in [1.165, 1.54) is 12.3 Å². The van der Waals surface area contributed by atoms with Gasteiger partial charge < -0.3 is 10.1 Å². The molecule has 0 saturated carbocycles. The predicted octanol–water partition coefficient (Wildman–Crippen LogP) is 3.95. The molecule has 1 saturated heterocycles. The van der Waals surface area contributed by atoms with Gasteiger partial charge in [-0.25, -0.2) is 24.4 Å². The number of rotatable bonds is 8. The van der Waals surface area contributed by atoms with Crippen LogP contribution in [0.4, 0.5) is 15.0 Å². The van der Waals surface area contributed by atoms with E-state index in [-0.39, 0.29) is 5.28 Å². The Morgan fingerprint density at radius 2 is 1.97 bits per heavy atom. The third-order valence-corrected chi connectivity index (χ3v) is 6.41. The molecule has 202 valence electrons. The number of pyridine rings is 1.